The summed E-state index contributed by atoms with van der Waals surface area (Å²) in [4.78, 5) is 25.8. The van der Waals surface area contributed by atoms with E-state index in [4.69, 9.17) is 11.6 Å². The molecular weight excluding hydrogens is 502 g/mol. The highest BCUT2D eigenvalue weighted by Gasteiger charge is 2.32. The first-order valence-corrected chi connectivity index (χ1v) is 12.2. The zero-order chi connectivity index (χ0) is 26.6. The van der Waals surface area contributed by atoms with Crippen molar-refractivity contribution in [1.29, 1.82) is 0 Å². The zero-order valence-electron chi connectivity index (χ0n) is 20.3. The molecule has 4 aromatic carbocycles. The predicted octanol–water partition coefficient (Wildman–Crippen LogP) is 8.08. The number of amides is 1. The maximum atomic E-state index is 13.7. The van der Waals surface area contributed by atoms with E-state index in [2.05, 4.69) is 15.5 Å². The van der Waals surface area contributed by atoms with Crippen LogP contribution in [-0.4, -0.2) is 17.0 Å². The number of carbonyl (C=O) groups is 1. The van der Waals surface area contributed by atoms with Crippen molar-refractivity contribution in [3.8, 4) is 0 Å². The van der Waals surface area contributed by atoms with Crippen LogP contribution in [0.3, 0.4) is 0 Å². The SMILES string of the molecule is Cc1cc(N=Nc2ccc([N+](=O)[O-])cc2)ccc1N1C(=O)c2ccccc2NC1/C=C/c1ccc(Cl)cc1. The second-order valence-corrected chi connectivity index (χ2v) is 9.10. The van der Waals surface area contributed by atoms with Gasteiger partial charge in [-0.15, -0.1) is 0 Å². The van der Waals surface area contributed by atoms with Gasteiger partial charge in [-0.3, -0.25) is 19.8 Å². The quantitative estimate of drug-likeness (QED) is 0.157. The van der Waals surface area contributed by atoms with E-state index in [0.29, 0.717) is 22.0 Å². The summed E-state index contributed by atoms with van der Waals surface area (Å²) in [6, 6.07) is 26.2. The van der Waals surface area contributed by atoms with Crippen LogP contribution in [0.5, 0.6) is 0 Å². The van der Waals surface area contributed by atoms with Crippen molar-refractivity contribution >= 4 is 52.0 Å². The van der Waals surface area contributed by atoms with Gasteiger partial charge in [0.1, 0.15) is 6.17 Å². The third kappa shape index (κ3) is 5.30. The van der Waals surface area contributed by atoms with E-state index in [1.165, 1.54) is 24.3 Å². The first-order valence-electron chi connectivity index (χ1n) is 11.8. The topological polar surface area (TPSA) is 100 Å². The molecule has 1 heterocycles. The van der Waals surface area contributed by atoms with Gasteiger partial charge in [-0.05, 0) is 78.7 Å². The molecule has 0 aromatic heterocycles. The van der Waals surface area contributed by atoms with E-state index in [0.717, 1.165) is 22.5 Å². The van der Waals surface area contributed by atoms with Crippen LogP contribution in [0.4, 0.5) is 28.4 Å². The van der Waals surface area contributed by atoms with Gasteiger partial charge >= 0.3 is 0 Å². The van der Waals surface area contributed by atoms with Crippen LogP contribution in [0.1, 0.15) is 21.5 Å². The number of non-ortho nitro benzene ring substituents is 1. The summed E-state index contributed by atoms with van der Waals surface area (Å²) in [5.41, 5.74) is 4.97. The fourth-order valence-electron chi connectivity index (χ4n) is 4.17. The second kappa shape index (κ2) is 10.7. The van der Waals surface area contributed by atoms with Gasteiger partial charge in [-0.2, -0.15) is 10.2 Å². The summed E-state index contributed by atoms with van der Waals surface area (Å²) in [5, 5.41) is 23.4. The molecule has 0 aliphatic carbocycles. The highest BCUT2D eigenvalue weighted by Crippen LogP contribution is 2.34. The van der Waals surface area contributed by atoms with Crippen molar-refractivity contribution in [2.24, 2.45) is 10.2 Å². The molecule has 1 N–H and O–H groups in total. The Hall–Kier alpha value is -4.82. The second-order valence-electron chi connectivity index (χ2n) is 8.66. The summed E-state index contributed by atoms with van der Waals surface area (Å²) < 4.78 is 0. The first-order chi connectivity index (χ1) is 18.4. The highest BCUT2D eigenvalue weighted by molar-refractivity contribution is 6.30. The van der Waals surface area contributed by atoms with E-state index < -0.39 is 11.1 Å². The minimum absolute atomic E-state index is 0.00908. The summed E-state index contributed by atoms with van der Waals surface area (Å²) in [6.45, 7) is 1.91. The van der Waals surface area contributed by atoms with E-state index in [1.54, 1.807) is 17.0 Å². The van der Waals surface area contributed by atoms with E-state index in [-0.39, 0.29) is 11.6 Å². The number of para-hydroxylation sites is 1. The standard InChI is InChI=1S/C29H22ClN5O3/c1-19-18-23(33-32-22-11-14-24(15-12-22)35(37)38)13-16-27(19)34-28(17-8-20-6-9-21(30)10-7-20)31-26-5-3-2-4-25(26)29(34)36/h2-18,28,31H,1H3/b17-8+,33-32?. The largest absolute Gasteiger partial charge is 0.361 e. The highest BCUT2D eigenvalue weighted by atomic mass is 35.5. The average molecular weight is 524 g/mol. The van der Waals surface area contributed by atoms with Gasteiger partial charge in [0.25, 0.3) is 11.6 Å². The Balaban J connectivity index is 1.44. The first kappa shape index (κ1) is 24.9. The molecule has 1 amide bonds. The number of anilines is 2. The Labute approximate surface area is 224 Å². The summed E-state index contributed by atoms with van der Waals surface area (Å²) in [5.74, 6) is -0.117. The zero-order valence-corrected chi connectivity index (χ0v) is 21.0. The number of nitro benzene ring substituents is 1. The monoisotopic (exact) mass is 523 g/mol. The molecule has 1 unspecified atom stereocenters. The molecule has 8 nitrogen and oxygen atoms in total. The minimum atomic E-state index is -0.462. The molecule has 0 fully saturated rings. The Kier molecular flexibility index (Phi) is 6.97. The Morgan fingerprint density at radius 1 is 0.947 bits per heavy atom. The smallest absolute Gasteiger partial charge is 0.269 e. The molecule has 0 radical (unpaired) electrons. The van der Waals surface area contributed by atoms with Gasteiger partial charge in [0, 0.05) is 28.5 Å². The molecule has 5 rings (SSSR count). The molecule has 1 atom stereocenters. The summed E-state index contributed by atoms with van der Waals surface area (Å²) in [7, 11) is 0. The molecule has 1 aliphatic heterocycles. The van der Waals surface area contributed by atoms with Gasteiger partial charge in [0.2, 0.25) is 0 Å². The molecule has 9 heteroatoms. The number of hydrogen-bond donors (Lipinski definition) is 1. The Bertz CT molecular complexity index is 1570. The Morgan fingerprint density at radius 2 is 1.63 bits per heavy atom. The molecule has 188 valence electrons. The van der Waals surface area contributed by atoms with Crippen LogP contribution in [-0.2, 0) is 0 Å². The molecule has 0 bridgehead atoms. The number of nitrogens with zero attached hydrogens (tertiary/aromatic N) is 4. The van der Waals surface area contributed by atoms with E-state index >= 15 is 0 Å². The van der Waals surface area contributed by atoms with Crippen LogP contribution in [0.15, 0.2) is 107 Å². The number of fused-ring (bicyclic) bond motifs is 1. The number of aryl methyl sites for hydroxylation is 1. The van der Waals surface area contributed by atoms with E-state index in [1.807, 2.05) is 73.7 Å². The van der Waals surface area contributed by atoms with Crippen molar-refractivity contribution in [3.05, 3.63) is 129 Å². The fraction of sp³-hybridized carbons (Fsp3) is 0.0690. The number of rotatable bonds is 6. The molecule has 0 saturated heterocycles. The lowest BCUT2D eigenvalue weighted by Gasteiger charge is -2.37. The van der Waals surface area contributed by atoms with Gasteiger partial charge in [0.15, 0.2) is 0 Å². The van der Waals surface area contributed by atoms with Crippen LogP contribution in [0, 0.1) is 17.0 Å². The minimum Gasteiger partial charge on any atom is -0.361 e. The molecule has 0 saturated carbocycles. The molecular formula is C29H22ClN5O3. The maximum absolute atomic E-state index is 13.7. The van der Waals surface area contributed by atoms with Gasteiger partial charge < -0.3 is 5.32 Å². The van der Waals surface area contributed by atoms with Crippen LogP contribution in [0.2, 0.25) is 5.02 Å². The predicted molar refractivity (Wildman–Crippen MR) is 150 cm³/mol. The van der Waals surface area contributed by atoms with E-state index in [9.17, 15) is 14.9 Å². The van der Waals surface area contributed by atoms with Crippen LogP contribution >= 0.6 is 11.6 Å². The fourth-order valence-corrected chi connectivity index (χ4v) is 4.30. The van der Waals surface area contributed by atoms with Gasteiger partial charge in [0.05, 0.1) is 21.9 Å². The van der Waals surface area contributed by atoms with Gasteiger partial charge in [-0.1, -0.05) is 41.9 Å². The normalized spacial score (nSPS) is 15.1. The average Bonchev–Trinajstić information content (AvgIpc) is 2.92. The number of hydrogen-bond acceptors (Lipinski definition) is 6. The van der Waals surface area contributed by atoms with Crippen molar-refractivity contribution in [1.82, 2.24) is 0 Å². The third-order valence-corrected chi connectivity index (χ3v) is 6.33. The van der Waals surface area contributed by atoms with Gasteiger partial charge in [-0.25, -0.2) is 0 Å². The number of halogens is 1. The lowest BCUT2D eigenvalue weighted by molar-refractivity contribution is -0.384. The molecule has 0 spiro atoms. The molecule has 38 heavy (non-hydrogen) atoms. The number of azo groups is 1. The van der Waals surface area contributed by atoms with Crippen LogP contribution in [0.25, 0.3) is 6.08 Å². The maximum Gasteiger partial charge on any atom is 0.269 e. The molecule has 1 aliphatic rings. The lowest BCUT2D eigenvalue weighted by Crippen LogP contribution is -2.48. The summed E-state index contributed by atoms with van der Waals surface area (Å²) >= 11 is 6.02. The van der Waals surface area contributed by atoms with Crippen molar-refractivity contribution < 1.29 is 9.72 Å². The Morgan fingerprint density at radius 3 is 2.34 bits per heavy atom. The number of carbonyl (C=O) groups excluding carboxylic acids is 1. The number of nitro groups is 1. The number of nitrogens with one attached hydrogen (secondary N) is 1. The van der Waals surface area contributed by atoms with Crippen molar-refractivity contribution in [3.63, 3.8) is 0 Å². The van der Waals surface area contributed by atoms with Crippen molar-refractivity contribution in [2.75, 3.05) is 10.2 Å². The lowest BCUT2D eigenvalue weighted by atomic mass is 10.0. The summed E-state index contributed by atoms with van der Waals surface area (Å²) in [6.07, 6.45) is 3.46. The van der Waals surface area contributed by atoms with Crippen LogP contribution < -0.4 is 10.2 Å². The molecule has 4 aromatic rings. The number of benzene rings is 4. The van der Waals surface area contributed by atoms with Crippen molar-refractivity contribution in [2.45, 2.75) is 13.1 Å². The third-order valence-electron chi connectivity index (χ3n) is 6.08.